The van der Waals surface area contributed by atoms with Crippen LogP contribution in [0.25, 0.3) is 0 Å². The van der Waals surface area contributed by atoms with Gasteiger partial charge in [-0.2, -0.15) is 0 Å². The van der Waals surface area contributed by atoms with Crippen molar-refractivity contribution >= 4 is 0 Å². The molecule has 1 atom stereocenters. The Hall–Kier alpha value is -1.00. The van der Waals surface area contributed by atoms with Crippen molar-refractivity contribution in [2.45, 2.75) is 37.8 Å². The SMILES string of the molecule is CNC(COC1CCCC1)c1cccc(F)c1F. The minimum Gasteiger partial charge on any atom is -0.376 e. The highest BCUT2D eigenvalue weighted by Gasteiger charge is 2.20. The van der Waals surface area contributed by atoms with E-state index in [-0.39, 0.29) is 12.1 Å². The van der Waals surface area contributed by atoms with E-state index >= 15 is 0 Å². The third-order valence-electron chi connectivity index (χ3n) is 3.51. The van der Waals surface area contributed by atoms with Crippen molar-refractivity contribution < 1.29 is 13.5 Å². The summed E-state index contributed by atoms with van der Waals surface area (Å²) < 4.78 is 32.6. The van der Waals surface area contributed by atoms with Gasteiger partial charge in [0.15, 0.2) is 11.6 Å². The van der Waals surface area contributed by atoms with E-state index in [1.807, 2.05) is 0 Å². The lowest BCUT2D eigenvalue weighted by Gasteiger charge is -2.20. The Morgan fingerprint density at radius 1 is 1.33 bits per heavy atom. The third-order valence-corrected chi connectivity index (χ3v) is 3.51. The van der Waals surface area contributed by atoms with Crippen LogP contribution in [0, 0.1) is 11.6 Å². The Morgan fingerprint density at radius 2 is 2.06 bits per heavy atom. The van der Waals surface area contributed by atoms with Gasteiger partial charge < -0.3 is 10.1 Å². The lowest BCUT2D eigenvalue weighted by atomic mass is 10.1. The molecule has 0 heterocycles. The van der Waals surface area contributed by atoms with E-state index in [1.54, 1.807) is 13.1 Å². The van der Waals surface area contributed by atoms with Gasteiger partial charge in [0.1, 0.15) is 0 Å². The molecule has 0 amide bonds. The van der Waals surface area contributed by atoms with Gasteiger partial charge in [0.2, 0.25) is 0 Å². The molecule has 2 nitrogen and oxygen atoms in total. The maximum atomic E-state index is 13.7. The summed E-state index contributed by atoms with van der Waals surface area (Å²) in [5.74, 6) is -1.60. The highest BCUT2D eigenvalue weighted by Crippen LogP contribution is 2.24. The molecule has 1 unspecified atom stereocenters. The van der Waals surface area contributed by atoms with E-state index in [1.165, 1.54) is 18.9 Å². The van der Waals surface area contributed by atoms with Gasteiger partial charge >= 0.3 is 0 Å². The van der Waals surface area contributed by atoms with Crippen LogP contribution in [-0.2, 0) is 4.74 Å². The van der Waals surface area contributed by atoms with Crippen LogP contribution in [0.2, 0.25) is 0 Å². The first-order valence-electron chi connectivity index (χ1n) is 6.45. The molecule has 0 saturated heterocycles. The van der Waals surface area contributed by atoms with Gasteiger partial charge in [-0.25, -0.2) is 8.78 Å². The van der Waals surface area contributed by atoms with Crippen LogP contribution in [0.5, 0.6) is 0 Å². The molecule has 0 spiro atoms. The molecule has 0 radical (unpaired) electrons. The van der Waals surface area contributed by atoms with Gasteiger partial charge in [0.25, 0.3) is 0 Å². The van der Waals surface area contributed by atoms with E-state index in [0.29, 0.717) is 12.2 Å². The molecule has 1 saturated carbocycles. The molecule has 0 aliphatic heterocycles. The van der Waals surface area contributed by atoms with Crippen molar-refractivity contribution in [3.63, 3.8) is 0 Å². The number of hydrogen-bond acceptors (Lipinski definition) is 2. The summed E-state index contributed by atoms with van der Waals surface area (Å²) in [4.78, 5) is 0. The predicted octanol–water partition coefficient (Wildman–Crippen LogP) is 3.18. The zero-order chi connectivity index (χ0) is 13.0. The molecule has 1 aromatic rings. The van der Waals surface area contributed by atoms with Crippen molar-refractivity contribution in [2.75, 3.05) is 13.7 Å². The van der Waals surface area contributed by atoms with Gasteiger partial charge in [-0.3, -0.25) is 0 Å². The van der Waals surface area contributed by atoms with Gasteiger partial charge in [0.05, 0.1) is 18.8 Å². The molecular formula is C14H19F2NO. The first-order chi connectivity index (χ1) is 8.72. The summed E-state index contributed by atoms with van der Waals surface area (Å²) in [5.41, 5.74) is 0.329. The summed E-state index contributed by atoms with van der Waals surface area (Å²) in [6.07, 6.45) is 4.81. The Bertz CT molecular complexity index is 391. The summed E-state index contributed by atoms with van der Waals surface area (Å²) in [5, 5.41) is 2.98. The lowest BCUT2D eigenvalue weighted by molar-refractivity contribution is 0.0432. The second-order valence-electron chi connectivity index (χ2n) is 4.72. The van der Waals surface area contributed by atoms with Crippen LogP contribution in [0.3, 0.4) is 0 Å². The zero-order valence-corrected chi connectivity index (χ0v) is 10.6. The molecule has 0 bridgehead atoms. The lowest BCUT2D eigenvalue weighted by Crippen LogP contribution is -2.25. The fraction of sp³-hybridized carbons (Fsp3) is 0.571. The van der Waals surface area contributed by atoms with E-state index in [4.69, 9.17) is 4.74 Å². The largest absolute Gasteiger partial charge is 0.376 e. The minimum atomic E-state index is -0.811. The fourth-order valence-electron chi connectivity index (χ4n) is 2.41. The Morgan fingerprint density at radius 3 is 2.72 bits per heavy atom. The second kappa shape index (κ2) is 6.25. The Kier molecular flexibility index (Phi) is 4.66. The third kappa shape index (κ3) is 3.06. The number of ether oxygens (including phenoxy) is 1. The molecule has 1 aromatic carbocycles. The van der Waals surface area contributed by atoms with Crippen LogP contribution in [-0.4, -0.2) is 19.8 Å². The molecule has 1 fully saturated rings. The van der Waals surface area contributed by atoms with E-state index < -0.39 is 11.6 Å². The fourth-order valence-corrected chi connectivity index (χ4v) is 2.41. The normalized spacial score (nSPS) is 18.2. The van der Waals surface area contributed by atoms with Crippen LogP contribution >= 0.6 is 0 Å². The average molecular weight is 255 g/mol. The number of likely N-dealkylation sites (N-methyl/N-ethyl adjacent to an activating group) is 1. The molecule has 18 heavy (non-hydrogen) atoms. The van der Waals surface area contributed by atoms with Gasteiger partial charge in [-0.15, -0.1) is 0 Å². The zero-order valence-electron chi connectivity index (χ0n) is 10.6. The smallest absolute Gasteiger partial charge is 0.163 e. The molecule has 0 aromatic heterocycles. The summed E-state index contributed by atoms with van der Waals surface area (Å²) >= 11 is 0. The Balaban J connectivity index is 2.00. The molecule has 2 rings (SSSR count). The summed E-state index contributed by atoms with van der Waals surface area (Å²) in [7, 11) is 1.73. The highest BCUT2D eigenvalue weighted by molar-refractivity contribution is 5.22. The van der Waals surface area contributed by atoms with Crippen LogP contribution in [0.1, 0.15) is 37.3 Å². The number of halogens is 2. The molecule has 4 heteroatoms. The minimum absolute atomic E-state index is 0.275. The molecule has 100 valence electrons. The van der Waals surface area contributed by atoms with Crippen molar-refractivity contribution in [1.82, 2.24) is 5.32 Å². The van der Waals surface area contributed by atoms with Gasteiger partial charge in [-0.05, 0) is 26.0 Å². The standard InChI is InChI=1S/C14H19F2NO/c1-17-13(9-18-10-5-2-3-6-10)11-7-4-8-12(15)14(11)16/h4,7-8,10,13,17H,2-3,5-6,9H2,1H3. The highest BCUT2D eigenvalue weighted by atomic mass is 19.2. The monoisotopic (exact) mass is 255 g/mol. The number of rotatable bonds is 5. The number of hydrogen-bond donors (Lipinski definition) is 1. The summed E-state index contributed by atoms with van der Waals surface area (Å²) in [6.45, 7) is 0.377. The first kappa shape index (κ1) is 13.4. The number of nitrogens with one attached hydrogen (secondary N) is 1. The summed E-state index contributed by atoms with van der Waals surface area (Å²) in [6, 6.07) is 3.94. The molecule has 1 aliphatic carbocycles. The second-order valence-corrected chi connectivity index (χ2v) is 4.72. The molecular weight excluding hydrogens is 236 g/mol. The van der Waals surface area contributed by atoms with E-state index in [2.05, 4.69) is 5.32 Å². The van der Waals surface area contributed by atoms with E-state index in [9.17, 15) is 8.78 Å². The molecule has 1 N–H and O–H groups in total. The average Bonchev–Trinajstić information content (AvgIpc) is 2.88. The van der Waals surface area contributed by atoms with Crippen molar-refractivity contribution in [1.29, 1.82) is 0 Å². The van der Waals surface area contributed by atoms with E-state index in [0.717, 1.165) is 18.9 Å². The van der Waals surface area contributed by atoms with Crippen LogP contribution < -0.4 is 5.32 Å². The quantitative estimate of drug-likeness (QED) is 0.872. The number of benzene rings is 1. The topological polar surface area (TPSA) is 21.3 Å². The Labute approximate surface area is 106 Å². The first-order valence-corrected chi connectivity index (χ1v) is 6.45. The van der Waals surface area contributed by atoms with Gasteiger partial charge in [-0.1, -0.05) is 25.0 Å². The maximum absolute atomic E-state index is 13.7. The predicted molar refractivity (Wildman–Crippen MR) is 66.4 cm³/mol. The van der Waals surface area contributed by atoms with Crippen molar-refractivity contribution in [2.24, 2.45) is 0 Å². The van der Waals surface area contributed by atoms with Crippen molar-refractivity contribution in [3.8, 4) is 0 Å². The van der Waals surface area contributed by atoms with Crippen LogP contribution in [0.15, 0.2) is 18.2 Å². The maximum Gasteiger partial charge on any atom is 0.163 e. The van der Waals surface area contributed by atoms with Crippen molar-refractivity contribution in [3.05, 3.63) is 35.4 Å². The van der Waals surface area contributed by atoms with Gasteiger partial charge in [0, 0.05) is 5.56 Å². The molecule has 1 aliphatic rings. The van der Waals surface area contributed by atoms with Crippen LogP contribution in [0.4, 0.5) is 8.78 Å².